The third-order valence-electron chi connectivity index (χ3n) is 3.51. The van der Waals surface area contributed by atoms with E-state index in [1.807, 2.05) is 14.1 Å². The van der Waals surface area contributed by atoms with Crippen molar-refractivity contribution >= 4 is 17.0 Å². The standard InChI is InChI=1S/C12H16FN5O3/c1-17(2)10-8-11(15-4-14-10)18(5-16-8)12-7(13)9(20)6(3-19)21-12/h4-7,9,12,19-20H,3H2,1-2H3. The van der Waals surface area contributed by atoms with Crippen LogP contribution >= 0.6 is 0 Å². The number of halogens is 1. The molecule has 0 amide bonds. The maximum atomic E-state index is 14.2. The molecule has 0 bridgehead atoms. The van der Waals surface area contributed by atoms with E-state index in [0.717, 1.165) is 0 Å². The van der Waals surface area contributed by atoms with E-state index in [9.17, 15) is 9.50 Å². The topological polar surface area (TPSA) is 96.5 Å². The van der Waals surface area contributed by atoms with Gasteiger partial charge in [0, 0.05) is 14.1 Å². The molecule has 0 spiro atoms. The zero-order valence-electron chi connectivity index (χ0n) is 11.6. The van der Waals surface area contributed by atoms with E-state index in [4.69, 9.17) is 9.84 Å². The van der Waals surface area contributed by atoms with Gasteiger partial charge < -0.3 is 19.8 Å². The fraction of sp³-hybridized carbons (Fsp3) is 0.583. The fourth-order valence-corrected chi connectivity index (χ4v) is 2.43. The van der Waals surface area contributed by atoms with Crippen LogP contribution in [-0.4, -0.2) is 68.8 Å². The van der Waals surface area contributed by atoms with Gasteiger partial charge in [-0.1, -0.05) is 0 Å². The molecule has 114 valence electrons. The van der Waals surface area contributed by atoms with Crippen molar-refractivity contribution in [2.45, 2.75) is 24.6 Å². The number of ether oxygens (including phenoxy) is 1. The SMILES string of the molecule is CN(C)c1ncnc2c1ncn2C1OC(CO)C(O)C1F. The van der Waals surface area contributed by atoms with Gasteiger partial charge in [-0.15, -0.1) is 0 Å². The van der Waals surface area contributed by atoms with E-state index in [2.05, 4.69) is 15.0 Å². The minimum Gasteiger partial charge on any atom is -0.394 e. The first kappa shape index (κ1) is 14.1. The lowest BCUT2D eigenvalue weighted by molar-refractivity contribution is -0.0459. The molecule has 1 aliphatic heterocycles. The highest BCUT2D eigenvalue weighted by Gasteiger charge is 2.45. The number of nitrogens with zero attached hydrogens (tertiary/aromatic N) is 5. The first-order valence-corrected chi connectivity index (χ1v) is 6.48. The minimum absolute atomic E-state index is 0.409. The molecular formula is C12H16FN5O3. The Morgan fingerprint density at radius 2 is 2.14 bits per heavy atom. The number of hydrogen-bond donors (Lipinski definition) is 2. The van der Waals surface area contributed by atoms with Crippen molar-refractivity contribution in [1.29, 1.82) is 0 Å². The zero-order chi connectivity index (χ0) is 15.1. The van der Waals surface area contributed by atoms with Crippen molar-refractivity contribution in [1.82, 2.24) is 19.5 Å². The smallest absolute Gasteiger partial charge is 0.173 e. The van der Waals surface area contributed by atoms with Gasteiger partial charge in [-0.25, -0.2) is 19.3 Å². The summed E-state index contributed by atoms with van der Waals surface area (Å²) in [4.78, 5) is 14.2. The summed E-state index contributed by atoms with van der Waals surface area (Å²) in [5.74, 6) is 0.603. The van der Waals surface area contributed by atoms with Crippen LogP contribution in [0.25, 0.3) is 11.2 Å². The first-order chi connectivity index (χ1) is 10.0. The van der Waals surface area contributed by atoms with Crippen LogP contribution in [0.2, 0.25) is 0 Å². The second-order valence-electron chi connectivity index (χ2n) is 5.10. The van der Waals surface area contributed by atoms with Crippen LogP contribution in [0, 0.1) is 0 Å². The molecule has 4 unspecified atom stereocenters. The van der Waals surface area contributed by atoms with Crippen LogP contribution in [0.15, 0.2) is 12.7 Å². The quantitative estimate of drug-likeness (QED) is 0.787. The predicted octanol–water partition coefficient (Wildman–Crippen LogP) is -0.519. The maximum absolute atomic E-state index is 14.2. The molecule has 2 aromatic rings. The fourth-order valence-electron chi connectivity index (χ4n) is 2.43. The van der Waals surface area contributed by atoms with Crippen molar-refractivity contribution < 1.29 is 19.3 Å². The van der Waals surface area contributed by atoms with Crippen LogP contribution in [-0.2, 0) is 4.74 Å². The Bertz CT molecular complexity index is 649. The second kappa shape index (κ2) is 5.17. The summed E-state index contributed by atoms with van der Waals surface area (Å²) in [6.07, 6.45) is -2.33. The average molecular weight is 297 g/mol. The maximum Gasteiger partial charge on any atom is 0.173 e. The van der Waals surface area contributed by atoms with Crippen LogP contribution in [0.1, 0.15) is 6.23 Å². The third kappa shape index (κ3) is 2.13. The molecule has 3 rings (SSSR count). The highest BCUT2D eigenvalue weighted by Crippen LogP contribution is 2.34. The number of alkyl halides is 1. The molecule has 2 aromatic heterocycles. The van der Waals surface area contributed by atoms with Gasteiger partial charge in [-0.2, -0.15) is 0 Å². The van der Waals surface area contributed by atoms with Crippen LogP contribution in [0.4, 0.5) is 10.2 Å². The first-order valence-electron chi connectivity index (χ1n) is 6.48. The molecule has 21 heavy (non-hydrogen) atoms. The summed E-state index contributed by atoms with van der Waals surface area (Å²) in [7, 11) is 3.63. The molecule has 0 saturated carbocycles. The van der Waals surface area contributed by atoms with Crippen LogP contribution in [0.5, 0.6) is 0 Å². The van der Waals surface area contributed by atoms with E-state index in [0.29, 0.717) is 17.0 Å². The van der Waals surface area contributed by atoms with Crippen LogP contribution in [0.3, 0.4) is 0 Å². The number of fused-ring (bicyclic) bond motifs is 1. The van der Waals surface area contributed by atoms with Gasteiger partial charge >= 0.3 is 0 Å². The predicted molar refractivity (Wildman–Crippen MR) is 71.5 cm³/mol. The Morgan fingerprint density at radius 1 is 1.38 bits per heavy atom. The van der Waals surface area contributed by atoms with Crippen molar-refractivity contribution in [2.24, 2.45) is 0 Å². The number of aromatic nitrogens is 4. The van der Waals surface area contributed by atoms with Gasteiger partial charge in [0.15, 0.2) is 29.4 Å². The molecule has 1 aliphatic rings. The lowest BCUT2D eigenvalue weighted by atomic mass is 10.1. The number of hydrogen-bond acceptors (Lipinski definition) is 7. The summed E-state index contributed by atoms with van der Waals surface area (Å²) in [5.41, 5.74) is 0.923. The Labute approximate surface area is 119 Å². The van der Waals surface area contributed by atoms with Crippen molar-refractivity contribution in [2.75, 3.05) is 25.6 Å². The molecule has 1 fully saturated rings. The lowest BCUT2D eigenvalue weighted by Gasteiger charge is -2.15. The molecule has 0 radical (unpaired) electrons. The van der Waals surface area contributed by atoms with Gasteiger partial charge in [-0.05, 0) is 0 Å². The Morgan fingerprint density at radius 3 is 2.76 bits per heavy atom. The zero-order valence-corrected chi connectivity index (χ0v) is 11.6. The van der Waals surface area contributed by atoms with Crippen molar-refractivity contribution in [3.05, 3.63) is 12.7 Å². The largest absolute Gasteiger partial charge is 0.394 e. The number of aliphatic hydroxyl groups excluding tert-OH is 2. The number of imidazole rings is 1. The average Bonchev–Trinajstić information content (AvgIpc) is 3.01. The van der Waals surface area contributed by atoms with Gasteiger partial charge in [-0.3, -0.25) is 4.57 Å². The molecule has 9 heteroatoms. The Kier molecular flexibility index (Phi) is 3.47. The van der Waals surface area contributed by atoms with Gasteiger partial charge in [0.05, 0.1) is 12.9 Å². The molecule has 8 nitrogen and oxygen atoms in total. The molecule has 0 aromatic carbocycles. The normalized spacial score (nSPS) is 29.2. The highest BCUT2D eigenvalue weighted by atomic mass is 19.1. The van der Waals surface area contributed by atoms with E-state index in [-0.39, 0.29) is 0 Å². The minimum atomic E-state index is -1.67. The monoisotopic (exact) mass is 297 g/mol. The molecule has 0 aliphatic carbocycles. The summed E-state index contributed by atoms with van der Waals surface area (Å²) >= 11 is 0. The van der Waals surface area contributed by atoms with E-state index < -0.39 is 31.2 Å². The van der Waals surface area contributed by atoms with E-state index >= 15 is 0 Å². The third-order valence-corrected chi connectivity index (χ3v) is 3.51. The van der Waals surface area contributed by atoms with Crippen molar-refractivity contribution in [3.63, 3.8) is 0 Å². The molecule has 2 N–H and O–H groups in total. The Balaban J connectivity index is 2.04. The molecule has 3 heterocycles. The molecule has 1 saturated heterocycles. The second-order valence-corrected chi connectivity index (χ2v) is 5.10. The summed E-state index contributed by atoms with van der Waals surface area (Å²) in [6.45, 7) is -0.456. The number of anilines is 1. The van der Waals surface area contributed by atoms with Gasteiger partial charge in [0.25, 0.3) is 0 Å². The molecular weight excluding hydrogens is 281 g/mol. The number of rotatable bonds is 3. The van der Waals surface area contributed by atoms with E-state index in [1.54, 1.807) is 4.90 Å². The van der Waals surface area contributed by atoms with Gasteiger partial charge in [0.1, 0.15) is 18.5 Å². The summed E-state index contributed by atoms with van der Waals surface area (Å²) in [5, 5.41) is 18.8. The summed E-state index contributed by atoms with van der Waals surface area (Å²) in [6, 6.07) is 0. The highest BCUT2D eigenvalue weighted by molar-refractivity contribution is 5.83. The van der Waals surface area contributed by atoms with Crippen molar-refractivity contribution in [3.8, 4) is 0 Å². The van der Waals surface area contributed by atoms with E-state index in [1.165, 1.54) is 17.2 Å². The number of aliphatic hydroxyl groups is 2. The Hall–Kier alpha value is -1.84. The van der Waals surface area contributed by atoms with Crippen LogP contribution < -0.4 is 4.90 Å². The van der Waals surface area contributed by atoms with Gasteiger partial charge in [0.2, 0.25) is 0 Å². The molecule has 4 atom stereocenters. The lowest BCUT2D eigenvalue weighted by Crippen LogP contribution is -2.30. The summed E-state index contributed by atoms with van der Waals surface area (Å²) < 4.78 is 21.0.